The van der Waals surface area contributed by atoms with E-state index in [1.807, 2.05) is 13.8 Å². The Morgan fingerprint density at radius 3 is 2.44 bits per heavy atom. The molecule has 0 amide bonds. The molecule has 1 heterocycles. The third kappa shape index (κ3) is 2.80. The Labute approximate surface area is 108 Å². The van der Waals surface area contributed by atoms with Crippen LogP contribution in [0.4, 0.5) is 11.5 Å². The van der Waals surface area contributed by atoms with Gasteiger partial charge >= 0.3 is 5.69 Å². The molecule has 0 fully saturated rings. The predicted octanol–water partition coefficient (Wildman–Crippen LogP) is 2.97. The zero-order valence-electron chi connectivity index (χ0n) is 11.9. The molecule has 1 aromatic heterocycles. The van der Waals surface area contributed by atoms with Gasteiger partial charge in [-0.1, -0.05) is 20.8 Å². The van der Waals surface area contributed by atoms with Crippen molar-refractivity contribution >= 4 is 11.5 Å². The molecule has 6 heteroatoms. The SMILES string of the molecule is CCn1nc(C)c([N+](=O)[O-])c1NC(C)C(C)(C)C. The summed E-state index contributed by atoms with van der Waals surface area (Å²) in [5, 5.41) is 18.5. The van der Waals surface area contributed by atoms with Gasteiger partial charge in [-0.15, -0.1) is 0 Å². The van der Waals surface area contributed by atoms with Crippen molar-refractivity contribution in [1.82, 2.24) is 9.78 Å². The molecule has 0 aliphatic carbocycles. The molecule has 0 aliphatic heterocycles. The second-order valence-corrected chi connectivity index (χ2v) is 5.59. The number of nitrogens with one attached hydrogen (secondary N) is 1. The minimum atomic E-state index is -0.369. The first-order chi connectivity index (χ1) is 8.18. The van der Waals surface area contributed by atoms with Gasteiger partial charge in [0.15, 0.2) is 0 Å². The molecular weight excluding hydrogens is 232 g/mol. The molecule has 0 spiro atoms. The highest BCUT2D eigenvalue weighted by atomic mass is 16.6. The van der Waals surface area contributed by atoms with E-state index < -0.39 is 0 Å². The van der Waals surface area contributed by atoms with Crippen molar-refractivity contribution in [3.05, 3.63) is 15.8 Å². The van der Waals surface area contributed by atoms with Crippen molar-refractivity contribution in [2.24, 2.45) is 5.41 Å². The molecule has 1 aromatic rings. The van der Waals surface area contributed by atoms with E-state index in [1.54, 1.807) is 11.6 Å². The van der Waals surface area contributed by atoms with Gasteiger partial charge in [0.1, 0.15) is 5.69 Å². The number of aryl methyl sites for hydroxylation is 2. The number of nitro groups is 1. The molecule has 0 aromatic carbocycles. The van der Waals surface area contributed by atoms with Crippen LogP contribution in [0.2, 0.25) is 0 Å². The molecular formula is C12H22N4O2. The van der Waals surface area contributed by atoms with Gasteiger partial charge in [0.2, 0.25) is 5.82 Å². The van der Waals surface area contributed by atoms with Gasteiger partial charge in [-0.05, 0) is 26.2 Å². The minimum Gasteiger partial charge on any atom is -0.362 e. The van der Waals surface area contributed by atoms with Crippen LogP contribution in [0.25, 0.3) is 0 Å². The van der Waals surface area contributed by atoms with Crippen LogP contribution in [0, 0.1) is 22.5 Å². The normalized spacial score (nSPS) is 13.4. The number of anilines is 1. The Bertz CT molecular complexity index is 446. The van der Waals surface area contributed by atoms with Gasteiger partial charge in [-0.2, -0.15) is 5.10 Å². The predicted molar refractivity (Wildman–Crippen MR) is 71.8 cm³/mol. The highest BCUT2D eigenvalue weighted by Crippen LogP contribution is 2.31. The zero-order chi connectivity index (χ0) is 14.1. The fourth-order valence-electron chi connectivity index (χ4n) is 1.58. The largest absolute Gasteiger partial charge is 0.362 e. The van der Waals surface area contributed by atoms with Gasteiger partial charge < -0.3 is 5.32 Å². The standard InChI is InChI=1S/C12H22N4O2/c1-7-15-11(13-9(3)12(4,5)6)10(16(17)18)8(2)14-15/h9,13H,7H2,1-6H3. The minimum absolute atomic E-state index is 0.0185. The lowest BCUT2D eigenvalue weighted by Crippen LogP contribution is -2.32. The molecule has 1 atom stereocenters. The molecule has 1 rings (SSSR count). The molecule has 0 saturated heterocycles. The average molecular weight is 254 g/mol. The van der Waals surface area contributed by atoms with Crippen molar-refractivity contribution in [1.29, 1.82) is 0 Å². The lowest BCUT2D eigenvalue weighted by atomic mass is 9.88. The monoisotopic (exact) mass is 254 g/mol. The fraction of sp³-hybridized carbons (Fsp3) is 0.750. The van der Waals surface area contributed by atoms with E-state index >= 15 is 0 Å². The van der Waals surface area contributed by atoms with E-state index in [9.17, 15) is 10.1 Å². The van der Waals surface area contributed by atoms with E-state index in [0.717, 1.165) is 0 Å². The van der Waals surface area contributed by atoms with Crippen molar-refractivity contribution in [3.63, 3.8) is 0 Å². The highest BCUT2D eigenvalue weighted by Gasteiger charge is 2.28. The van der Waals surface area contributed by atoms with Crippen LogP contribution in [-0.4, -0.2) is 20.7 Å². The summed E-state index contributed by atoms with van der Waals surface area (Å²) in [4.78, 5) is 10.7. The number of hydrogen-bond acceptors (Lipinski definition) is 4. The van der Waals surface area contributed by atoms with Crippen LogP contribution in [-0.2, 0) is 6.54 Å². The molecule has 0 saturated carbocycles. The molecule has 102 valence electrons. The van der Waals surface area contributed by atoms with E-state index in [1.165, 1.54) is 0 Å². The quantitative estimate of drug-likeness (QED) is 0.662. The summed E-state index contributed by atoms with van der Waals surface area (Å²) < 4.78 is 1.65. The zero-order valence-corrected chi connectivity index (χ0v) is 11.9. The van der Waals surface area contributed by atoms with Crippen molar-refractivity contribution < 1.29 is 4.92 Å². The first-order valence-corrected chi connectivity index (χ1v) is 6.16. The lowest BCUT2D eigenvalue weighted by molar-refractivity contribution is -0.384. The maximum atomic E-state index is 11.1. The van der Waals surface area contributed by atoms with Gasteiger partial charge in [-0.3, -0.25) is 10.1 Å². The second kappa shape index (κ2) is 4.96. The fourth-order valence-corrected chi connectivity index (χ4v) is 1.58. The number of aromatic nitrogens is 2. The number of rotatable bonds is 4. The Kier molecular flexibility index (Phi) is 3.98. The Balaban J connectivity index is 3.18. The Morgan fingerprint density at radius 2 is 2.06 bits per heavy atom. The summed E-state index contributed by atoms with van der Waals surface area (Å²) >= 11 is 0. The van der Waals surface area contributed by atoms with Gasteiger partial charge in [0.05, 0.1) is 4.92 Å². The third-order valence-electron chi connectivity index (χ3n) is 3.23. The van der Waals surface area contributed by atoms with Crippen LogP contribution in [0.15, 0.2) is 0 Å². The third-order valence-corrected chi connectivity index (χ3v) is 3.23. The van der Waals surface area contributed by atoms with E-state index in [4.69, 9.17) is 0 Å². The summed E-state index contributed by atoms with van der Waals surface area (Å²) in [5.74, 6) is 0.502. The number of hydrogen-bond donors (Lipinski definition) is 1. The second-order valence-electron chi connectivity index (χ2n) is 5.59. The molecule has 0 radical (unpaired) electrons. The smallest absolute Gasteiger partial charge is 0.333 e. The number of nitrogens with zero attached hydrogens (tertiary/aromatic N) is 3. The molecule has 0 aliphatic rings. The van der Waals surface area contributed by atoms with E-state index in [0.29, 0.717) is 18.1 Å². The summed E-state index contributed by atoms with van der Waals surface area (Å²) in [6.45, 7) is 12.5. The van der Waals surface area contributed by atoms with E-state index in [2.05, 4.69) is 31.2 Å². The van der Waals surface area contributed by atoms with Crippen LogP contribution in [0.3, 0.4) is 0 Å². The van der Waals surface area contributed by atoms with Crippen LogP contribution < -0.4 is 5.32 Å². The van der Waals surface area contributed by atoms with Crippen LogP contribution in [0.1, 0.15) is 40.3 Å². The molecule has 6 nitrogen and oxygen atoms in total. The summed E-state index contributed by atoms with van der Waals surface area (Å²) in [7, 11) is 0. The summed E-state index contributed by atoms with van der Waals surface area (Å²) in [6.07, 6.45) is 0. The van der Waals surface area contributed by atoms with Crippen molar-refractivity contribution in [2.45, 2.75) is 54.1 Å². The summed E-state index contributed by atoms with van der Waals surface area (Å²) in [5.41, 5.74) is 0.545. The van der Waals surface area contributed by atoms with Crippen molar-refractivity contribution in [2.75, 3.05) is 5.32 Å². The first-order valence-electron chi connectivity index (χ1n) is 6.16. The van der Waals surface area contributed by atoms with E-state index in [-0.39, 0.29) is 22.1 Å². The van der Waals surface area contributed by atoms with Gasteiger partial charge in [0, 0.05) is 12.6 Å². The van der Waals surface area contributed by atoms with Crippen molar-refractivity contribution in [3.8, 4) is 0 Å². The average Bonchev–Trinajstić information content (AvgIpc) is 2.53. The van der Waals surface area contributed by atoms with Gasteiger partial charge in [-0.25, -0.2) is 4.68 Å². The summed E-state index contributed by atoms with van der Waals surface area (Å²) in [6, 6.07) is 0.109. The first kappa shape index (κ1) is 14.5. The van der Waals surface area contributed by atoms with Crippen LogP contribution in [0.5, 0.6) is 0 Å². The topological polar surface area (TPSA) is 73.0 Å². The molecule has 0 bridgehead atoms. The maximum absolute atomic E-state index is 11.1. The lowest BCUT2D eigenvalue weighted by Gasteiger charge is -2.28. The highest BCUT2D eigenvalue weighted by molar-refractivity contribution is 5.60. The molecule has 1 N–H and O–H groups in total. The van der Waals surface area contributed by atoms with Gasteiger partial charge in [0.25, 0.3) is 0 Å². The molecule has 1 unspecified atom stereocenters. The maximum Gasteiger partial charge on any atom is 0.333 e. The van der Waals surface area contributed by atoms with Crippen LogP contribution >= 0.6 is 0 Å². The Morgan fingerprint density at radius 1 is 1.50 bits per heavy atom. The molecule has 18 heavy (non-hydrogen) atoms. The Hall–Kier alpha value is -1.59.